The van der Waals surface area contributed by atoms with E-state index in [4.69, 9.17) is 5.73 Å². The van der Waals surface area contributed by atoms with Crippen molar-refractivity contribution in [2.75, 3.05) is 6.54 Å². The summed E-state index contributed by atoms with van der Waals surface area (Å²) in [6.45, 7) is 4.25. The second-order valence-corrected chi connectivity index (χ2v) is 5.62. The number of amides is 1. The molecule has 0 saturated heterocycles. The van der Waals surface area contributed by atoms with Crippen LogP contribution in [0.5, 0.6) is 0 Å². The van der Waals surface area contributed by atoms with E-state index >= 15 is 0 Å². The maximum Gasteiger partial charge on any atom is 0.271 e. The first-order chi connectivity index (χ1) is 9.31. The Labute approximate surface area is 138 Å². The van der Waals surface area contributed by atoms with Crippen molar-refractivity contribution < 1.29 is 9.72 Å². The monoisotopic (exact) mass is 379 g/mol. The van der Waals surface area contributed by atoms with Crippen molar-refractivity contribution in [2.45, 2.75) is 32.2 Å². The first-order valence-corrected chi connectivity index (χ1v) is 7.12. The van der Waals surface area contributed by atoms with Gasteiger partial charge in [0.15, 0.2) is 0 Å². The van der Waals surface area contributed by atoms with Gasteiger partial charge in [-0.05, 0) is 18.9 Å². The molecule has 1 aromatic carbocycles. The van der Waals surface area contributed by atoms with E-state index in [1.165, 1.54) is 12.1 Å². The Balaban J connectivity index is 0.00000400. The topological polar surface area (TPSA) is 98.3 Å². The number of hydrogen-bond acceptors (Lipinski definition) is 4. The summed E-state index contributed by atoms with van der Waals surface area (Å²) in [6.07, 6.45) is 1.48. The number of hydrogen-bond donors (Lipinski definition) is 2. The van der Waals surface area contributed by atoms with E-state index in [9.17, 15) is 14.9 Å². The molecule has 118 valence electrons. The molecule has 0 aliphatic heterocycles. The summed E-state index contributed by atoms with van der Waals surface area (Å²) >= 11 is 3.16. The van der Waals surface area contributed by atoms with E-state index in [0.29, 0.717) is 11.0 Å². The molecular weight excluding hydrogens is 362 g/mol. The number of non-ortho nitro benzene ring substituents is 1. The van der Waals surface area contributed by atoms with Crippen LogP contribution in [-0.2, 0) is 0 Å². The Hall–Kier alpha value is -1.18. The third-order valence-corrected chi connectivity index (χ3v) is 3.82. The number of nitrogens with two attached hydrogens (primary N) is 1. The molecule has 21 heavy (non-hydrogen) atoms. The van der Waals surface area contributed by atoms with Crippen LogP contribution in [0.25, 0.3) is 0 Å². The first-order valence-electron chi connectivity index (χ1n) is 6.33. The zero-order valence-electron chi connectivity index (χ0n) is 11.9. The molecular formula is C13H19BrClN3O3. The molecule has 0 spiro atoms. The van der Waals surface area contributed by atoms with Gasteiger partial charge in [-0.1, -0.05) is 29.8 Å². The minimum atomic E-state index is -0.535. The van der Waals surface area contributed by atoms with Crippen molar-refractivity contribution in [3.05, 3.63) is 38.3 Å². The number of carbonyl (C=O) groups excluding carboxylic acids is 1. The van der Waals surface area contributed by atoms with Crippen LogP contribution in [0.1, 0.15) is 37.0 Å². The van der Waals surface area contributed by atoms with E-state index in [-0.39, 0.29) is 29.6 Å². The molecule has 6 nitrogen and oxygen atoms in total. The van der Waals surface area contributed by atoms with E-state index in [0.717, 1.165) is 12.8 Å². The largest absolute Gasteiger partial charge is 0.350 e. The first kappa shape index (κ1) is 19.8. The highest BCUT2D eigenvalue weighted by Crippen LogP contribution is 2.21. The molecule has 1 aromatic rings. The Kier molecular flexibility index (Phi) is 7.84. The van der Waals surface area contributed by atoms with Gasteiger partial charge in [0.25, 0.3) is 11.6 Å². The molecule has 0 aliphatic rings. The van der Waals surface area contributed by atoms with Crippen LogP contribution in [0.4, 0.5) is 5.69 Å². The van der Waals surface area contributed by atoms with Crippen molar-refractivity contribution in [3.8, 4) is 0 Å². The molecule has 0 aliphatic carbocycles. The predicted octanol–water partition coefficient (Wildman–Crippen LogP) is 3.03. The summed E-state index contributed by atoms with van der Waals surface area (Å²) in [5.74, 6) is -0.369. The highest BCUT2D eigenvalue weighted by atomic mass is 79.9. The predicted molar refractivity (Wildman–Crippen MR) is 87.9 cm³/mol. The zero-order valence-corrected chi connectivity index (χ0v) is 14.3. The maximum absolute atomic E-state index is 12.0. The average molecular weight is 381 g/mol. The van der Waals surface area contributed by atoms with E-state index in [1.807, 2.05) is 13.8 Å². The molecule has 1 rings (SSSR count). The molecule has 0 unspecified atom stereocenters. The van der Waals surface area contributed by atoms with Crippen LogP contribution in [-0.4, -0.2) is 22.9 Å². The minimum absolute atomic E-state index is 0. The Morgan fingerprint density at radius 1 is 1.38 bits per heavy atom. The molecule has 0 bridgehead atoms. The summed E-state index contributed by atoms with van der Waals surface area (Å²) in [4.78, 5) is 22.3. The molecule has 0 fully saturated rings. The number of halogens is 2. The maximum atomic E-state index is 12.0. The Morgan fingerprint density at radius 3 is 2.43 bits per heavy atom. The summed E-state index contributed by atoms with van der Waals surface area (Å²) in [6, 6.07) is 4.14. The van der Waals surface area contributed by atoms with Gasteiger partial charge < -0.3 is 11.1 Å². The van der Waals surface area contributed by atoms with Gasteiger partial charge >= 0.3 is 0 Å². The van der Waals surface area contributed by atoms with Gasteiger partial charge in [0.05, 0.1) is 4.92 Å². The molecule has 0 heterocycles. The average Bonchev–Trinajstić information content (AvgIpc) is 2.43. The van der Waals surface area contributed by atoms with Crippen molar-refractivity contribution >= 4 is 39.9 Å². The number of nitrogens with one attached hydrogen (secondary N) is 1. The van der Waals surface area contributed by atoms with Crippen LogP contribution in [0.3, 0.4) is 0 Å². The fraction of sp³-hybridized carbons (Fsp3) is 0.462. The number of carbonyl (C=O) groups is 1. The van der Waals surface area contributed by atoms with Crippen LogP contribution >= 0.6 is 28.3 Å². The van der Waals surface area contributed by atoms with Gasteiger partial charge in [-0.15, -0.1) is 12.4 Å². The van der Waals surface area contributed by atoms with Crippen LogP contribution < -0.4 is 11.1 Å². The molecule has 3 N–H and O–H groups in total. The number of rotatable bonds is 6. The van der Waals surface area contributed by atoms with Gasteiger partial charge in [-0.3, -0.25) is 14.9 Å². The fourth-order valence-corrected chi connectivity index (χ4v) is 2.15. The van der Waals surface area contributed by atoms with Gasteiger partial charge in [0.1, 0.15) is 0 Å². The van der Waals surface area contributed by atoms with Crippen molar-refractivity contribution in [3.63, 3.8) is 0 Å². The SMILES string of the molecule is CCC(N)(CC)CNC(=O)c1cc(Br)cc([N+](=O)[O-])c1.Cl. The minimum Gasteiger partial charge on any atom is -0.350 e. The van der Waals surface area contributed by atoms with Crippen LogP contribution in [0.2, 0.25) is 0 Å². The lowest BCUT2D eigenvalue weighted by Gasteiger charge is -2.26. The standard InChI is InChI=1S/C13H18BrN3O3.ClH/c1-3-13(15,4-2)8-16-12(18)9-5-10(14)7-11(6-9)17(19)20;/h5-7H,3-4,8,15H2,1-2H3,(H,16,18);1H. The van der Waals surface area contributed by atoms with Gasteiger partial charge in [-0.2, -0.15) is 0 Å². The zero-order chi connectivity index (χ0) is 15.3. The number of benzene rings is 1. The smallest absolute Gasteiger partial charge is 0.271 e. The number of nitro groups is 1. The summed E-state index contributed by atoms with van der Waals surface area (Å²) in [7, 11) is 0. The summed E-state index contributed by atoms with van der Waals surface area (Å²) < 4.78 is 0.488. The quantitative estimate of drug-likeness (QED) is 0.585. The molecule has 8 heteroatoms. The van der Waals surface area contributed by atoms with Gasteiger partial charge in [-0.25, -0.2) is 0 Å². The van der Waals surface area contributed by atoms with E-state index < -0.39 is 10.5 Å². The number of nitro benzene ring substituents is 1. The van der Waals surface area contributed by atoms with Crippen molar-refractivity contribution in [1.29, 1.82) is 0 Å². The third kappa shape index (κ3) is 5.61. The highest BCUT2D eigenvalue weighted by Gasteiger charge is 2.22. The molecule has 0 aromatic heterocycles. The normalized spacial score (nSPS) is 10.7. The lowest BCUT2D eigenvalue weighted by molar-refractivity contribution is -0.385. The lowest BCUT2D eigenvalue weighted by Crippen LogP contribution is -2.49. The molecule has 0 atom stereocenters. The summed E-state index contributed by atoms with van der Waals surface area (Å²) in [5, 5.41) is 13.5. The lowest BCUT2D eigenvalue weighted by atomic mass is 9.94. The third-order valence-electron chi connectivity index (χ3n) is 3.36. The second kappa shape index (κ2) is 8.31. The van der Waals surface area contributed by atoms with E-state index in [1.54, 1.807) is 6.07 Å². The number of nitrogens with zero attached hydrogens (tertiary/aromatic N) is 1. The van der Waals surface area contributed by atoms with E-state index in [2.05, 4.69) is 21.2 Å². The second-order valence-electron chi connectivity index (χ2n) is 4.71. The summed E-state index contributed by atoms with van der Waals surface area (Å²) in [5.41, 5.74) is 5.75. The Bertz CT molecular complexity index is 521. The van der Waals surface area contributed by atoms with Gasteiger partial charge in [0.2, 0.25) is 0 Å². The van der Waals surface area contributed by atoms with Crippen LogP contribution in [0, 0.1) is 10.1 Å². The van der Waals surface area contributed by atoms with Crippen molar-refractivity contribution in [2.24, 2.45) is 5.73 Å². The molecule has 1 amide bonds. The molecule has 0 saturated carbocycles. The Morgan fingerprint density at radius 2 is 1.95 bits per heavy atom. The molecule has 0 radical (unpaired) electrons. The highest BCUT2D eigenvalue weighted by molar-refractivity contribution is 9.10. The van der Waals surface area contributed by atoms with Crippen LogP contribution in [0.15, 0.2) is 22.7 Å². The van der Waals surface area contributed by atoms with Crippen molar-refractivity contribution in [1.82, 2.24) is 5.32 Å². The van der Waals surface area contributed by atoms with Gasteiger partial charge in [0, 0.05) is 34.3 Å². The fourth-order valence-electron chi connectivity index (χ4n) is 1.67.